The molecular weight excluding hydrogens is 328 g/mol. The summed E-state index contributed by atoms with van der Waals surface area (Å²) in [6.07, 6.45) is 1.71. The maximum atomic E-state index is 12.6. The van der Waals surface area contributed by atoms with Crippen LogP contribution < -0.4 is 5.43 Å². The van der Waals surface area contributed by atoms with E-state index in [4.69, 9.17) is 0 Å². The number of fused-ring (bicyclic) bond motifs is 1. The molecule has 0 aliphatic rings. The summed E-state index contributed by atoms with van der Waals surface area (Å²) < 4.78 is 1.92. The first-order chi connectivity index (χ1) is 12.6. The summed E-state index contributed by atoms with van der Waals surface area (Å²) in [4.78, 5) is 17.0. The fraction of sp³-hybridized carbons (Fsp3) is 0.0476. The molecule has 0 atom stereocenters. The molecule has 0 bridgehead atoms. The van der Waals surface area contributed by atoms with Gasteiger partial charge in [0.25, 0.3) is 0 Å². The van der Waals surface area contributed by atoms with Crippen LogP contribution in [0.5, 0.6) is 11.5 Å². The number of hydrogen-bond acceptors (Lipinski definition) is 4. The van der Waals surface area contributed by atoms with Gasteiger partial charge >= 0.3 is 0 Å². The van der Waals surface area contributed by atoms with Gasteiger partial charge in [0.1, 0.15) is 0 Å². The van der Waals surface area contributed by atoms with Crippen LogP contribution in [-0.4, -0.2) is 19.8 Å². The minimum absolute atomic E-state index is 0.216. The van der Waals surface area contributed by atoms with Crippen LogP contribution in [0, 0.1) is 0 Å². The molecule has 0 aliphatic heterocycles. The quantitative estimate of drug-likeness (QED) is 0.558. The number of hydrogen-bond donors (Lipinski definition) is 2. The van der Waals surface area contributed by atoms with Crippen molar-refractivity contribution in [2.24, 2.45) is 0 Å². The number of phenols is 2. The fourth-order valence-corrected chi connectivity index (χ4v) is 3.07. The minimum Gasteiger partial charge on any atom is -0.504 e. The molecule has 2 aromatic carbocycles. The monoisotopic (exact) mass is 344 g/mol. The summed E-state index contributed by atoms with van der Waals surface area (Å²) in [6.45, 7) is 0.423. The number of benzene rings is 2. The molecule has 4 aromatic rings. The smallest absolute Gasteiger partial charge is 0.190 e. The van der Waals surface area contributed by atoms with Gasteiger partial charge in [0.05, 0.1) is 23.4 Å². The molecule has 0 unspecified atom stereocenters. The second-order valence-electron chi connectivity index (χ2n) is 6.03. The van der Waals surface area contributed by atoms with Crippen LogP contribution in [0.2, 0.25) is 0 Å². The lowest BCUT2D eigenvalue weighted by molar-refractivity contribution is 0.404. The fourth-order valence-electron chi connectivity index (χ4n) is 3.07. The summed E-state index contributed by atoms with van der Waals surface area (Å²) in [7, 11) is 0. The van der Waals surface area contributed by atoms with Gasteiger partial charge in [0.2, 0.25) is 0 Å². The van der Waals surface area contributed by atoms with Crippen molar-refractivity contribution in [1.29, 1.82) is 0 Å². The van der Waals surface area contributed by atoms with Crippen molar-refractivity contribution in [3.8, 4) is 22.8 Å². The van der Waals surface area contributed by atoms with E-state index in [9.17, 15) is 15.0 Å². The van der Waals surface area contributed by atoms with E-state index in [1.165, 1.54) is 12.1 Å². The predicted octanol–water partition coefficient (Wildman–Crippen LogP) is 3.52. The van der Waals surface area contributed by atoms with E-state index < -0.39 is 0 Å². The number of rotatable bonds is 3. The maximum Gasteiger partial charge on any atom is 0.190 e. The van der Waals surface area contributed by atoms with Crippen LogP contribution in [0.25, 0.3) is 22.2 Å². The summed E-state index contributed by atoms with van der Waals surface area (Å²) in [5.41, 5.74) is 2.75. The molecule has 128 valence electrons. The molecule has 0 amide bonds. The van der Waals surface area contributed by atoms with Crippen molar-refractivity contribution in [3.05, 3.63) is 88.8 Å². The van der Waals surface area contributed by atoms with Crippen molar-refractivity contribution in [2.45, 2.75) is 6.54 Å². The van der Waals surface area contributed by atoms with Crippen LogP contribution in [0.15, 0.2) is 77.7 Å². The van der Waals surface area contributed by atoms with E-state index in [2.05, 4.69) is 4.98 Å². The number of pyridine rings is 2. The van der Waals surface area contributed by atoms with Crippen LogP contribution in [-0.2, 0) is 6.54 Å². The standard InChI is InChI=1S/C21H16N2O3/c24-19-11-17(14-6-2-1-3-7-14)23(13-15-8-4-5-9-22-15)18-12-21(26)20(25)10-16(18)19/h1-12,25-26H,13H2. The molecule has 5 nitrogen and oxygen atoms in total. The molecule has 0 saturated carbocycles. The first kappa shape index (κ1) is 15.9. The molecule has 2 N–H and O–H groups in total. The molecule has 0 radical (unpaired) electrons. The highest BCUT2D eigenvalue weighted by Gasteiger charge is 2.14. The van der Waals surface area contributed by atoms with E-state index in [0.29, 0.717) is 17.4 Å². The molecule has 2 heterocycles. The summed E-state index contributed by atoms with van der Waals surface area (Å²) >= 11 is 0. The molecule has 0 aliphatic carbocycles. The van der Waals surface area contributed by atoms with E-state index in [1.807, 2.05) is 53.1 Å². The Hall–Kier alpha value is -3.60. The van der Waals surface area contributed by atoms with E-state index >= 15 is 0 Å². The summed E-state index contributed by atoms with van der Waals surface area (Å²) in [5.74, 6) is -0.580. The Labute approximate surface area is 149 Å². The highest BCUT2D eigenvalue weighted by atomic mass is 16.3. The van der Waals surface area contributed by atoms with Gasteiger partial charge in [-0.15, -0.1) is 0 Å². The number of aromatic hydroxyl groups is 2. The zero-order chi connectivity index (χ0) is 18.1. The largest absolute Gasteiger partial charge is 0.504 e. The van der Waals surface area contributed by atoms with Crippen molar-refractivity contribution < 1.29 is 10.2 Å². The second-order valence-corrected chi connectivity index (χ2v) is 6.03. The Kier molecular flexibility index (Phi) is 3.89. The molecule has 5 heteroatoms. The lowest BCUT2D eigenvalue weighted by atomic mass is 10.1. The zero-order valence-electron chi connectivity index (χ0n) is 13.8. The van der Waals surface area contributed by atoms with Gasteiger partial charge < -0.3 is 14.8 Å². The topological polar surface area (TPSA) is 75.4 Å². The van der Waals surface area contributed by atoms with Crippen LogP contribution >= 0.6 is 0 Å². The average molecular weight is 344 g/mol. The van der Waals surface area contributed by atoms with Gasteiger partial charge in [-0.3, -0.25) is 9.78 Å². The average Bonchev–Trinajstić information content (AvgIpc) is 2.67. The Morgan fingerprint density at radius 2 is 1.62 bits per heavy atom. The normalized spacial score (nSPS) is 10.9. The molecule has 0 spiro atoms. The van der Waals surface area contributed by atoms with Gasteiger partial charge in [-0.25, -0.2) is 0 Å². The molecular formula is C21H16N2O3. The van der Waals surface area contributed by atoms with Crippen LogP contribution in [0.4, 0.5) is 0 Å². The number of nitrogens with zero attached hydrogens (tertiary/aromatic N) is 2. The van der Waals surface area contributed by atoms with Crippen molar-refractivity contribution in [2.75, 3.05) is 0 Å². The minimum atomic E-state index is -0.313. The van der Waals surface area contributed by atoms with Gasteiger partial charge in [0.15, 0.2) is 16.9 Å². The summed E-state index contributed by atoms with van der Waals surface area (Å²) in [6, 6.07) is 19.5. The Bertz CT molecular complexity index is 1140. The third kappa shape index (κ3) is 2.80. The predicted molar refractivity (Wildman–Crippen MR) is 100 cm³/mol. The van der Waals surface area contributed by atoms with Gasteiger partial charge in [-0.05, 0) is 23.8 Å². The molecule has 4 rings (SSSR count). The van der Waals surface area contributed by atoms with Gasteiger partial charge in [-0.1, -0.05) is 36.4 Å². The van der Waals surface area contributed by atoms with Crippen LogP contribution in [0.3, 0.4) is 0 Å². The van der Waals surface area contributed by atoms with Crippen molar-refractivity contribution in [1.82, 2.24) is 9.55 Å². The van der Waals surface area contributed by atoms with Crippen molar-refractivity contribution >= 4 is 10.9 Å². The molecule has 26 heavy (non-hydrogen) atoms. The molecule has 0 saturated heterocycles. The number of aromatic nitrogens is 2. The van der Waals surface area contributed by atoms with Gasteiger partial charge in [-0.2, -0.15) is 0 Å². The highest BCUT2D eigenvalue weighted by molar-refractivity contribution is 5.85. The third-order valence-corrected chi connectivity index (χ3v) is 4.32. The highest BCUT2D eigenvalue weighted by Crippen LogP contribution is 2.31. The molecule has 2 aromatic heterocycles. The van der Waals surface area contributed by atoms with Crippen molar-refractivity contribution in [3.63, 3.8) is 0 Å². The lowest BCUT2D eigenvalue weighted by Crippen LogP contribution is -2.13. The first-order valence-corrected chi connectivity index (χ1v) is 8.18. The van der Waals surface area contributed by atoms with E-state index in [0.717, 1.165) is 17.0 Å². The summed E-state index contributed by atoms with van der Waals surface area (Å²) in [5, 5.41) is 20.1. The Morgan fingerprint density at radius 1 is 0.885 bits per heavy atom. The van der Waals surface area contributed by atoms with Crippen LogP contribution in [0.1, 0.15) is 5.69 Å². The first-order valence-electron chi connectivity index (χ1n) is 8.18. The third-order valence-electron chi connectivity index (χ3n) is 4.32. The maximum absolute atomic E-state index is 12.6. The van der Waals surface area contributed by atoms with Gasteiger partial charge in [0, 0.05) is 23.7 Å². The number of phenolic OH excluding ortho intramolecular Hbond substituents is 2. The second kappa shape index (κ2) is 6.37. The van der Waals surface area contributed by atoms with E-state index in [1.54, 1.807) is 12.3 Å². The Balaban J connectivity index is 2.05. The lowest BCUT2D eigenvalue weighted by Gasteiger charge is -2.17. The SMILES string of the molecule is O=c1cc(-c2ccccc2)n(Cc2ccccn2)c2cc(O)c(O)cc12. The Morgan fingerprint density at radius 3 is 2.35 bits per heavy atom. The molecule has 0 fully saturated rings. The zero-order valence-corrected chi connectivity index (χ0v) is 13.8. The van der Waals surface area contributed by atoms with E-state index in [-0.39, 0.29) is 16.9 Å².